The Morgan fingerprint density at radius 2 is 2.23 bits per heavy atom. The van der Waals surface area contributed by atoms with Crippen LogP contribution in [-0.4, -0.2) is 27.4 Å². The molecule has 13 heavy (non-hydrogen) atoms. The summed E-state index contributed by atoms with van der Waals surface area (Å²) in [5, 5.41) is 17.9. The number of hydrogen-bond donors (Lipinski definition) is 1. The lowest BCUT2D eigenvalue weighted by Gasteiger charge is -1.99. The first-order chi connectivity index (χ1) is 6.38. The molecule has 0 atom stereocenters. The summed E-state index contributed by atoms with van der Waals surface area (Å²) in [6.45, 7) is 0.162. The third kappa shape index (κ3) is 3.01. The molecule has 0 saturated heterocycles. The van der Waals surface area contributed by atoms with Crippen LogP contribution >= 0.6 is 11.8 Å². The van der Waals surface area contributed by atoms with Gasteiger partial charge in [0.1, 0.15) is 11.1 Å². The topological polar surface area (TPSA) is 69.8 Å². The Morgan fingerprint density at radius 3 is 2.92 bits per heavy atom. The molecule has 0 saturated carbocycles. The van der Waals surface area contributed by atoms with Crippen molar-refractivity contribution in [1.82, 2.24) is 9.97 Å². The van der Waals surface area contributed by atoms with Crippen LogP contribution in [0.4, 0.5) is 0 Å². The standard InChI is InChI=1S/C8H9N3OS/c9-6-7-8(11-3-2-10-7)13-5-1-4-12/h2-3,12H,1,4-5H2. The molecule has 0 aliphatic carbocycles. The second kappa shape index (κ2) is 5.51. The predicted octanol–water partition coefficient (Wildman–Crippen LogP) is 0.823. The highest BCUT2D eigenvalue weighted by molar-refractivity contribution is 7.99. The zero-order valence-electron chi connectivity index (χ0n) is 6.97. The fourth-order valence-electron chi connectivity index (χ4n) is 0.741. The summed E-state index contributed by atoms with van der Waals surface area (Å²) in [7, 11) is 0. The highest BCUT2D eigenvalue weighted by Crippen LogP contribution is 2.17. The van der Waals surface area contributed by atoms with E-state index in [0.717, 1.165) is 5.75 Å². The zero-order chi connectivity index (χ0) is 9.52. The van der Waals surface area contributed by atoms with Gasteiger partial charge in [-0.05, 0) is 6.42 Å². The largest absolute Gasteiger partial charge is 0.396 e. The molecule has 0 aromatic carbocycles. The minimum atomic E-state index is 0.162. The van der Waals surface area contributed by atoms with E-state index in [4.69, 9.17) is 10.4 Å². The van der Waals surface area contributed by atoms with Crippen LogP contribution in [0.15, 0.2) is 17.4 Å². The number of aliphatic hydroxyl groups is 1. The van der Waals surface area contributed by atoms with E-state index in [1.165, 1.54) is 18.0 Å². The molecule has 68 valence electrons. The smallest absolute Gasteiger partial charge is 0.172 e. The highest BCUT2D eigenvalue weighted by Gasteiger charge is 2.03. The Kier molecular flexibility index (Phi) is 4.23. The van der Waals surface area contributed by atoms with E-state index in [1.807, 2.05) is 6.07 Å². The van der Waals surface area contributed by atoms with Gasteiger partial charge in [-0.25, -0.2) is 9.97 Å². The van der Waals surface area contributed by atoms with Crippen LogP contribution in [0.2, 0.25) is 0 Å². The quantitative estimate of drug-likeness (QED) is 0.569. The van der Waals surface area contributed by atoms with E-state index >= 15 is 0 Å². The van der Waals surface area contributed by atoms with Gasteiger partial charge in [-0.1, -0.05) is 0 Å². The van der Waals surface area contributed by atoms with Crippen LogP contribution in [0, 0.1) is 11.3 Å². The van der Waals surface area contributed by atoms with Crippen molar-refractivity contribution in [3.63, 3.8) is 0 Å². The van der Waals surface area contributed by atoms with E-state index in [2.05, 4.69) is 9.97 Å². The van der Waals surface area contributed by atoms with Crippen LogP contribution in [0.5, 0.6) is 0 Å². The lowest BCUT2D eigenvalue weighted by Crippen LogP contribution is -1.92. The molecule has 1 rings (SSSR count). The van der Waals surface area contributed by atoms with Crippen molar-refractivity contribution in [3.05, 3.63) is 18.1 Å². The second-order valence-electron chi connectivity index (χ2n) is 2.25. The predicted molar refractivity (Wildman–Crippen MR) is 49.2 cm³/mol. The molecule has 0 aliphatic heterocycles. The average molecular weight is 195 g/mol. The van der Waals surface area contributed by atoms with Crippen molar-refractivity contribution >= 4 is 11.8 Å². The number of aliphatic hydroxyl groups excluding tert-OH is 1. The minimum absolute atomic E-state index is 0.162. The SMILES string of the molecule is N#Cc1nccnc1SCCCO. The fraction of sp³-hybridized carbons (Fsp3) is 0.375. The van der Waals surface area contributed by atoms with Gasteiger partial charge in [0, 0.05) is 24.8 Å². The van der Waals surface area contributed by atoms with E-state index in [1.54, 1.807) is 6.20 Å². The van der Waals surface area contributed by atoms with Crippen LogP contribution < -0.4 is 0 Å². The maximum Gasteiger partial charge on any atom is 0.172 e. The number of thioether (sulfide) groups is 1. The molecular formula is C8H9N3OS. The monoisotopic (exact) mass is 195 g/mol. The molecule has 4 nitrogen and oxygen atoms in total. The molecule has 0 unspecified atom stereocenters. The Balaban J connectivity index is 2.60. The molecule has 1 N–H and O–H groups in total. The molecule has 0 bridgehead atoms. The Labute approximate surface area is 80.6 Å². The van der Waals surface area contributed by atoms with Gasteiger partial charge >= 0.3 is 0 Å². The maximum atomic E-state index is 8.66. The van der Waals surface area contributed by atoms with Crippen molar-refractivity contribution in [2.24, 2.45) is 0 Å². The van der Waals surface area contributed by atoms with Gasteiger partial charge in [0.15, 0.2) is 5.69 Å². The van der Waals surface area contributed by atoms with Crippen molar-refractivity contribution in [2.45, 2.75) is 11.4 Å². The third-order valence-corrected chi connectivity index (χ3v) is 2.38. The maximum absolute atomic E-state index is 8.66. The number of aromatic nitrogens is 2. The van der Waals surface area contributed by atoms with Crippen LogP contribution in [0.3, 0.4) is 0 Å². The second-order valence-corrected chi connectivity index (χ2v) is 3.33. The van der Waals surface area contributed by atoms with Gasteiger partial charge in [-0.3, -0.25) is 0 Å². The summed E-state index contributed by atoms with van der Waals surface area (Å²) in [6.07, 6.45) is 3.75. The minimum Gasteiger partial charge on any atom is -0.396 e. The summed E-state index contributed by atoms with van der Waals surface area (Å²) >= 11 is 1.44. The van der Waals surface area contributed by atoms with Crippen LogP contribution in [0.25, 0.3) is 0 Å². The summed E-state index contributed by atoms with van der Waals surface area (Å²) < 4.78 is 0. The van der Waals surface area contributed by atoms with Crippen molar-refractivity contribution < 1.29 is 5.11 Å². The Hall–Kier alpha value is -1.12. The molecule has 0 amide bonds. The van der Waals surface area contributed by atoms with Gasteiger partial charge in [0.05, 0.1) is 0 Å². The Morgan fingerprint density at radius 1 is 1.46 bits per heavy atom. The highest BCUT2D eigenvalue weighted by atomic mass is 32.2. The number of nitriles is 1. The van der Waals surface area contributed by atoms with Crippen LogP contribution in [-0.2, 0) is 0 Å². The molecule has 1 heterocycles. The molecular weight excluding hydrogens is 186 g/mol. The lowest BCUT2D eigenvalue weighted by molar-refractivity contribution is 0.296. The Bertz CT molecular complexity index is 311. The normalized spacial score (nSPS) is 9.54. The van der Waals surface area contributed by atoms with E-state index < -0.39 is 0 Å². The fourth-order valence-corrected chi connectivity index (χ4v) is 1.58. The van der Waals surface area contributed by atoms with E-state index in [-0.39, 0.29) is 6.61 Å². The summed E-state index contributed by atoms with van der Waals surface area (Å²) in [6, 6.07) is 1.97. The van der Waals surface area contributed by atoms with Crippen molar-refractivity contribution in [1.29, 1.82) is 5.26 Å². The molecule has 0 spiro atoms. The first-order valence-corrected chi connectivity index (χ1v) is 4.82. The van der Waals surface area contributed by atoms with Gasteiger partial charge in [0.25, 0.3) is 0 Å². The molecule has 0 fully saturated rings. The first kappa shape index (κ1) is 9.96. The molecule has 0 aliphatic rings. The van der Waals surface area contributed by atoms with Gasteiger partial charge in [-0.2, -0.15) is 5.26 Å². The molecule has 1 aromatic rings. The van der Waals surface area contributed by atoms with Gasteiger partial charge in [0.2, 0.25) is 0 Å². The summed E-state index contributed by atoms with van der Waals surface area (Å²) in [5.74, 6) is 0.754. The first-order valence-electron chi connectivity index (χ1n) is 3.83. The molecule has 1 aromatic heterocycles. The van der Waals surface area contributed by atoms with Crippen molar-refractivity contribution in [2.75, 3.05) is 12.4 Å². The average Bonchev–Trinajstić information content (AvgIpc) is 2.19. The third-order valence-electron chi connectivity index (χ3n) is 1.31. The van der Waals surface area contributed by atoms with Gasteiger partial charge < -0.3 is 5.11 Å². The zero-order valence-corrected chi connectivity index (χ0v) is 7.79. The number of hydrogen-bond acceptors (Lipinski definition) is 5. The lowest BCUT2D eigenvalue weighted by atomic mass is 10.5. The van der Waals surface area contributed by atoms with E-state index in [9.17, 15) is 0 Å². The summed E-state index contributed by atoms with van der Waals surface area (Å²) in [4.78, 5) is 7.89. The molecule has 0 radical (unpaired) electrons. The number of rotatable bonds is 4. The summed E-state index contributed by atoms with van der Waals surface area (Å²) in [5.41, 5.74) is 0.352. The molecule has 5 heteroatoms. The number of nitrogens with zero attached hydrogens (tertiary/aromatic N) is 3. The van der Waals surface area contributed by atoms with Crippen LogP contribution in [0.1, 0.15) is 12.1 Å². The van der Waals surface area contributed by atoms with Crippen molar-refractivity contribution in [3.8, 4) is 6.07 Å². The van der Waals surface area contributed by atoms with Gasteiger partial charge in [-0.15, -0.1) is 11.8 Å². The van der Waals surface area contributed by atoms with E-state index in [0.29, 0.717) is 17.1 Å².